The fourth-order valence-electron chi connectivity index (χ4n) is 3.41. The van der Waals surface area contributed by atoms with Crippen LogP contribution in [0.4, 0.5) is 11.4 Å². The second kappa shape index (κ2) is 12.1. The van der Waals surface area contributed by atoms with Crippen molar-refractivity contribution in [2.45, 2.75) is 13.5 Å². The monoisotopic (exact) mass is 730 g/mol. The summed E-state index contributed by atoms with van der Waals surface area (Å²) in [5.41, 5.74) is 2.15. The lowest BCUT2D eigenvalue weighted by Crippen LogP contribution is -2.27. The number of anilines is 1. The molecule has 1 saturated heterocycles. The van der Waals surface area contributed by atoms with E-state index in [4.69, 9.17) is 33.3 Å². The Kier molecular flexibility index (Phi) is 9.11. The van der Waals surface area contributed by atoms with Gasteiger partial charge >= 0.3 is 0 Å². The zero-order chi connectivity index (χ0) is 26.7. The van der Waals surface area contributed by atoms with Crippen LogP contribution in [0.15, 0.2) is 64.0 Å². The third-order valence-electron chi connectivity index (χ3n) is 5.11. The van der Waals surface area contributed by atoms with E-state index in [2.05, 4.69) is 38.5 Å². The standard InChI is InChI=1S/C25H17BrClIN2O5S2/c1-2-34-21-10-15(9-20(28)23(21)35-13-14-3-5-16(6-4-14)30(32)33)11-22-24(31)29(25(36)37-22)17-7-8-18(26)19(27)12-17/h3-12H,2,13H2,1H3/b22-11+. The minimum atomic E-state index is -0.443. The second-order valence-corrected chi connectivity index (χ2v) is 11.7. The predicted octanol–water partition coefficient (Wildman–Crippen LogP) is 8.00. The van der Waals surface area contributed by atoms with Crippen LogP contribution < -0.4 is 14.4 Å². The van der Waals surface area contributed by atoms with E-state index in [-0.39, 0.29) is 18.2 Å². The van der Waals surface area contributed by atoms with Crippen LogP contribution in [0, 0.1) is 13.7 Å². The number of amides is 1. The normalized spacial score (nSPS) is 14.4. The van der Waals surface area contributed by atoms with Gasteiger partial charge in [-0.3, -0.25) is 19.8 Å². The first-order valence-electron chi connectivity index (χ1n) is 10.7. The molecule has 37 heavy (non-hydrogen) atoms. The van der Waals surface area contributed by atoms with Crippen molar-refractivity contribution < 1.29 is 19.2 Å². The van der Waals surface area contributed by atoms with Gasteiger partial charge < -0.3 is 9.47 Å². The molecule has 3 aromatic carbocycles. The number of rotatable bonds is 8. The molecule has 0 spiro atoms. The molecule has 1 amide bonds. The molecular weight excluding hydrogens is 715 g/mol. The van der Waals surface area contributed by atoms with Crippen molar-refractivity contribution in [3.63, 3.8) is 0 Å². The molecule has 1 aliphatic heterocycles. The lowest BCUT2D eigenvalue weighted by Gasteiger charge is -2.15. The van der Waals surface area contributed by atoms with E-state index in [1.807, 2.05) is 13.0 Å². The zero-order valence-corrected chi connectivity index (χ0v) is 25.2. The third kappa shape index (κ3) is 6.45. The van der Waals surface area contributed by atoms with Crippen molar-refractivity contribution in [3.05, 3.63) is 93.8 Å². The highest BCUT2D eigenvalue weighted by Gasteiger charge is 2.33. The number of nitrogens with zero attached hydrogens (tertiary/aromatic N) is 2. The van der Waals surface area contributed by atoms with Gasteiger partial charge in [-0.2, -0.15) is 0 Å². The van der Waals surface area contributed by atoms with Gasteiger partial charge in [0.1, 0.15) is 6.61 Å². The number of carbonyl (C=O) groups is 1. The Morgan fingerprint density at radius 1 is 1.19 bits per heavy atom. The number of halogens is 3. The van der Waals surface area contributed by atoms with Gasteiger partial charge in [0, 0.05) is 16.6 Å². The number of thiocarbonyl (C=S) groups is 1. The summed E-state index contributed by atoms with van der Waals surface area (Å²) in [6.07, 6.45) is 1.77. The Morgan fingerprint density at radius 2 is 1.92 bits per heavy atom. The van der Waals surface area contributed by atoms with Crippen molar-refractivity contribution in [2.24, 2.45) is 0 Å². The number of ether oxygens (including phenoxy) is 2. The predicted molar refractivity (Wildman–Crippen MR) is 163 cm³/mol. The summed E-state index contributed by atoms with van der Waals surface area (Å²) < 4.78 is 13.8. The minimum Gasteiger partial charge on any atom is -0.490 e. The molecule has 1 fully saturated rings. The van der Waals surface area contributed by atoms with Crippen molar-refractivity contribution in [3.8, 4) is 11.5 Å². The summed E-state index contributed by atoms with van der Waals surface area (Å²) in [5.74, 6) is 0.840. The smallest absolute Gasteiger partial charge is 0.270 e. The fourth-order valence-corrected chi connectivity index (χ4v) is 5.91. The molecule has 7 nitrogen and oxygen atoms in total. The highest BCUT2D eigenvalue weighted by molar-refractivity contribution is 14.1. The van der Waals surface area contributed by atoms with E-state index < -0.39 is 4.92 Å². The molecule has 0 radical (unpaired) electrons. The summed E-state index contributed by atoms with van der Waals surface area (Å²) in [5, 5.41) is 11.4. The molecule has 0 N–H and O–H groups in total. The maximum Gasteiger partial charge on any atom is 0.270 e. The highest BCUT2D eigenvalue weighted by Crippen LogP contribution is 2.40. The van der Waals surface area contributed by atoms with Gasteiger partial charge in [-0.25, -0.2) is 0 Å². The van der Waals surface area contributed by atoms with Gasteiger partial charge in [0.15, 0.2) is 15.8 Å². The number of nitro benzene ring substituents is 1. The Labute approximate surface area is 249 Å². The van der Waals surface area contributed by atoms with Crippen molar-refractivity contribution in [2.75, 3.05) is 11.5 Å². The first-order chi connectivity index (χ1) is 17.7. The van der Waals surface area contributed by atoms with E-state index in [1.165, 1.54) is 28.8 Å². The van der Waals surface area contributed by atoms with Crippen LogP contribution in [0.3, 0.4) is 0 Å². The fraction of sp³-hybridized carbons (Fsp3) is 0.120. The largest absolute Gasteiger partial charge is 0.490 e. The topological polar surface area (TPSA) is 81.9 Å². The molecule has 0 saturated carbocycles. The van der Waals surface area contributed by atoms with Crippen LogP contribution in [0.2, 0.25) is 5.02 Å². The maximum absolute atomic E-state index is 13.2. The maximum atomic E-state index is 13.2. The van der Waals surface area contributed by atoms with Gasteiger partial charge in [-0.05, 0) is 105 Å². The number of nitro groups is 1. The number of hydrogen-bond donors (Lipinski definition) is 0. The highest BCUT2D eigenvalue weighted by atomic mass is 127. The summed E-state index contributed by atoms with van der Waals surface area (Å²) in [7, 11) is 0. The molecule has 0 bridgehead atoms. The second-order valence-electron chi connectivity index (χ2n) is 7.59. The van der Waals surface area contributed by atoms with Crippen molar-refractivity contribution in [1.29, 1.82) is 0 Å². The summed E-state index contributed by atoms with van der Waals surface area (Å²) in [6, 6.07) is 15.1. The SMILES string of the molecule is CCOc1cc(/C=C2/SC(=S)N(c3ccc(Br)c(Cl)c3)C2=O)cc(I)c1OCc1ccc([N+](=O)[O-])cc1. The molecule has 12 heteroatoms. The molecule has 4 rings (SSSR count). The first kappa shape index (κ1) is 27.8. The number of benzene rings is 3. The number of non-ortho nitro benzene ring substituents is 1. The Balaban J connectivity index is 1.58. The molecule has 1 heterocycles. The molecule has 0 aliphatic carbocycles. The Hall–Kier alpha value is -2.19. The molecule has 0 unspecified atom stereocenters. The van der Waals surface area contributed by atoms with Gasteiger partial charge in [-0.15, -0.1) is 0 Å². The van der Waals surface area contributed by atoms with Crippen molar-refractivity contribution in [1.82, 2.24) is 0 Å². The molecular formula is C25H17BrClIN2O5S2. The summed E-state index contributed by atoms with van der Waals surface area (Å²) in [4.78, 5) is 25.6. The average Bonchev–Trinajstić information content (AvgIpc) is 3.13. The van der Waals surface area contributed by atoms with Crippen LogP contribution in [0.25, 0.3) is 6.08 Å². The molecule has 190 valence electrons. The molecule has 1 aliphatic rings. The lowest BCUT2D eigenvalue weighted by atomic mass is 10.1. The van der Waals surface area contributed by atoms with Crippen LogP contribution >= 0.6 is 74.1 Å². The Bertz CT molecular complexity index is 1440. The minimum absolute atomic E-state index is 0.0198. The van der Waals surface area contributed by atoms with Gasteiger partial charge in [0.2, 0.25) is 0 Å². The van der Waals surface area contributed by atoms with Crippen LogP contribution in [0.5, 0.6) is 11.5 Å². The molecule has 0 atom stereocenters. The molecule has 3 aromatic rings. The van der Waals surface area contributed by atoms with E-state index >= 15 is 0 Å². The summed E-state index contributed by atoms with van der Waals surface area (Å²) >= 11 is 18.4. The van der Waals surface area contributed by atoms with Crippen LogP contribution in [-0.2, 0) is 11.4 Å². The number of carbonyl (C=O) groups excluding carboxylic acids is 1. The Morgan fingerprint density at radius 3 is 2.57 bits per heavy atom. The summed E-state index contributed by atoms with van der Waals surface area (Å²) in [6.45, 7) is 2.50. The van der Waals surface area contributed by atoms with Gasteiger partial charge in [0.25, 0.3) is 11.6 Å². The van der Waals surface area contributed by atoms with Crippen LogP contribution in [0.1, 0.15) is 18.1 Å². The van der Waals surface area contributed by atoms with Crippen LogP contribution in [-0.4, -0.2) is 21.8 Å². The van der Waals surface area contributed by atoms with E-state index in [0.717, 1.165) is 19.2 Å². The van der Waals surface area contributed by atoms with E-state index in [9.17, 15) is 14.9 Å². The van der Waals surface area contributed by atoms with Gasteiger partial charge in [0.05, 0.1) is 30.7 Å². The quantitative estimate of drug-likeness (QED) is 0.0764. The van der Waals surface area contributed by atoms with Gasteiger partial charge in [-0.1, -0.05) is 35.6 Å². The number of thioether (sulfide) groups is 1. The average molecular weight is 732 g/mol. The van der Waals surface area contributed by atoms with E-state index in [1.54, 1.807) is 42.5 Å². The number of hydrogen-bond acceptors (Lipinski definition) is 7. The molecule has 0 aromatic heterocycles. The zero-order valence-electron chi connectivity index (χ0n) is 19.1. The third-order valence-corrected chi connectivity index (χ3v) is 8.45. The van der Waals surface area contributed by atoms with Crippen molar-refractivity contribution >= 4 is 102 Å². The first-order valence-corrected chi connectivity index (χ1v) is 14.2. The van der Waals surface area contributed by atoms with E-state index in [0.29, 0.717) is 38.0 Å². The lowest BCUT2D eigenvalue weighted by molar-refractivity contribution is -0.384.